The number of fused-ring (bicyclic) bond motifs is 1. The molecule has 2 amide bonds. The molecule has 1 saturated heterocycles. The summed E-state index contributed by atoms with van der Waals surface area (Å²) in [5.74, 6) is -0.321. The van der Waals surface area contributed by atoms with E-state index in [0.29, 0.717) is 18.7 Å². The highest BCUT2D eigenvalue weighted by Gasteiger charge is 2.32. The van der Waals surface area contributed by atoms with Crippen LogP contribution in [0.15, 0.2) is 41.3 Å². The fourth-order valence-corrected chi connectivity index (χ4v) is 4.30. The molecule has 0 saturated carbocycles. The molecule has 0 bridgehead atoms. The van der Waals surface area contributed by atoms with Crippen LogP contribution in [0.5, 0.6) is 0 Å². The standard InChI is InChI=1S/C24H29N5O3/c1-15-16(2)28(5)20-8-7-18(12-19(15)20)25-23(31)21-14-29(11-10-26(21)3)24(32)17-6-9-22(30)27(4)13-17/h6-9,12-13,21H,10-11,14H2,1-5H3,(H,25,31)/t21-/m0/s1. The summed E-state index contributed by atoms with van der Waals surface area (Å²) in [5, 5.41) is 4.15. The maximum absolute atomic E-state index is 13.1. The van der Waals surface area contributed by atoms with E-state index in [9.17, 15) is 14.4 Å². The Bertz CT molecular complexity index is 1270. The Balaban J connectivity index is 1.52. The van der Waals surface area contributed by atoms with Gasteiger partial charge in [-0.3, -0.25) is 19.3 Å². The lowest BCUT2D eigenvalue weighted by Crippen LogP contribution is -2.57. The van der Waals surface area contributed by atoms with Crippen molar-refractivity contribution in [3.8, 4) is 0 Å². The molecular formula is C24H29N5O3. The molecule has 3 aromatic rings. The predicted octanol–water partition coefficient (Wildman–Crippen LogP) is 1.89. The number of nitrogens with zero attached hydrogens (tertiary/aromatic N) is 4. The summed E-state index contributed by atoms with van der Waals surface area (Å²) < 4.78 is 3.53. The van der Waals surface area contributed by atoms with Gasteiger partial charge in [-0.05, 0) is 50.7 Å². The van der Waals surface area contributed by atoms with Crippen molar-refractivity contribution < 1.29 is 9.59 Å². The average molecular weight is 436 g/mol. The molecule has 1 aliphatic heterocycles. The van der Waals surface area contributed by atoms with Gasteiger partial charge in [-0.25, -0.2) is 0 Å². The number of carbonyl (C=O) groups is 2. The van der Waals surface area contributed by atoms with Gasteiger partial charge in [0.05, 0.1) is 5.56 Å². The molecule has 168 valence electrons. The third-order valence-electron chi connectivity index (χ3n) is 6.65. The molecule has 1 aliphatic rings. The Morgan fingerprint density at radius 2 is 1.78 bits per heavy atom. The first-order chi connectivity index (χ1) is 15.2. The Morgan fingerprint density at radius 1 is 1.03 bits per heavy atom. The van der Waals surface area contributed by atoms with Gasteiger partial charge in [-0.15, -0.1) is 0 Å². The zero-order valence-electron chi connectivity index (χ0n) is 19.2. The van der Waals surface area contributed by atoms with Gasteiger partial charge in [0.2, 0.25) is 11.5 Å². The van der Waals surface area contributed by atoms with Crippen molar-refractivity contribution in [2.45, 2.75) is 19.9 Å². The van der Waals surface area contributed by atoms with Crippen molar-refractivity contribution in [2.24, 2.45) is 14.1 Å². The van der Waals surface area contributed by atoms with Gasteiger partial charge in [0, 0.05) is 68.3 Å². The lowest BCUT2D eigenvalue weighted by atomic mass is 10.1. The molecule has 8 heteroatoms. The number of amides is 2. The maximum atomic E-state index is 13.1. The predicted molar refractivity (Wildman–Crippen MR) is 125 cm³/mol. The van der Waals surface area contributed by atoms with Crippen LogP contribution in [0.1, 0.15) is 21.6 Å². The molecular weight excluding hydrogens is 406 g/mol. The van der Waals surface area contributed by atoms with Crippen LogP contribution in [0.25, 0.3) is 10.9 Å². The quantitative estimate of drug-likeness (QED) is 0.682. The van der Waals surface area contributed by atoms with E-state index in [1.54, 1.807) is 11.9 Å². The highest BCUT2D eigenvalue weighted by Crippen LogP contribution is 2.27. The summed E-state index contributed by atoms with van der Waals surface area (Å²) in [6.45, 7) is 5.57. The number of hydrogen-bond acceptors (Lipinski definition) is 4. The molecule has 3 heterocycles. The zero-order chi connectivity index (χ0) is 23.2. The van der Waals surface area contributed by atoms with Crippen LogP contribution >= 0.6 is 0 Å². The summed E-state index contributed by atoms with van der Waals surface area (Å²) >= 11 is 0. The molecule has 0 aliphatic carbocycles. The molecule has 4 rings (SSSR count). The van der Waals surface area contributed by atoms with Gasteiger partial charge >= 0.3 is 0 Å². The van der Waals surface area contributed by atoms with Crippen LogP contribution < -0.4 is 10.9 Å². The number of piperazine rings is 1. The van der Waals surface area contributed by atoms with E-state index in [2.05, 4.69) is 23.7 Å². The number of rotatable bonds is 3. The SMILES string of the molecule is Cc1c(C)n(C)c2ccc(NC(=O)[C@@H]3CN(C(=O)c4ccc(=O)n(C)c4)CCN3C)cc12. The van der Waals surface area contributed by atoms with Gasteiger partial charge in [-0.1, -0.05) is 0 Å². The second kappa shape index (κ2) is 8.27. The fourth-order valence-electron chi connectivity index (χ4n) is 4.30. The van der Waals surface area contributed by atoms with Crippen LogP contribution in [0.3, 0.4) is 0 Å². The minimum absolute atomic E-state index is 0.143. The Kier molecular flexibility index (Phi) is 5.64. The first kappa shape index (κ1) is 21.8. The molecule has 0 radical (unpaired) electrons. The number of benzene rings is 1. The highest BCUT2D eigenvalue weighted by atomic mass is 16.2. The van der Waals surface area contributed by atoms with E-state index in [1.165, 1.54) is 34.2 Å². The van der Waals surface area contributed by atoms with Crippen molar-refractivity contribution in [3.05, 3.63) is 63.7 Å². The van der Waals surface area contributed by atoms with Crippen molar-refractivity contribution in [1.29, 1.82) is 0 Å². The molecule has 1 aromatic carbocycles. The van der Waals surface area contributed by atoms with E-state index < -0.39 is 6.04 Å². The average Bonchev–Trinajstić information content (AvgIpc) is 2.99. The molecule has 0 spiro atoms. The van der Waals surface area contributed by atoms with Gasteiger partial charge in [0.25, 0.3) is 5.91 Å². The normalized spacial score (nSPS) is 17.0. The van der Waals surface area contributed by atoms with Crippen molar-refractivity contribution in [1.82, 2.24) is 18.9 Å². The summed E-state index contributed by atoms with van der Waals surface area (Å²) in [7, 11) is 5.55. The van der Waals surface area contributed by atoms with E-state index in [4.69, 9.17) is 0 Å². The molecule has 32 heavy (non-hydrogen) atoms. The summed E-state index contributed by atoms with van der Waals surface area (Å²) in [6.07, 6.45) is 1.54. The molecule has 1 atom stereocenters. The number of likely N-dealkylation sites (N-methyl/N-ethyl adjacent to an activating group) is 1. The minimum Gasteiger partial charge on any atom is -0.348 e. The molecule has 8 nitrogen and oxygen atoms in total. The Morgan fingerprint density at radius 3 is 2.50 bits per heavy atom. The van der Waals surface area contributed by atoms with E-state index in [-0.39, 0.29) is 23.9 Å². The number of aromatic nitrogens is 2. The number of anilines is 1. The second-order valence-corrected chi connectivity index (χ2v) is 8.61. The summed E-state index contributed by atoms with van der Waals surface area (Å²) in [5.41, 5.74) is 4.53. The number of nitrogens with one attached hydrogen (secondary N) is 1. The van der Waals surface area contributed by atoms with Crippen LogP contribution in [-0.4, -0.2) is 63.5 Å². The number of pyridine rings is 1. The third-order valence-corrected chi connectivity index (χ3v) is 6.65. The van der Waals surface area contributed by atoms with Gasteiger partial charge in [0.15, 0.2) is 0 Å². The highest BCUT2D eigenvalue weighted by molar-refractivity contribution is 5.99. The van der Waals surface area contributed by atoms with Crippen molar-refractivity contribution >= 4 is 28.4 Å². The minimum atomic E-state index is -0.463. The van der Waals surface area contributed by atoms with E-state index in [0.717, 1.165) is 16.6 Å². The first-order valence-electron chi connectivity index (χ1n) is 10.7. The van der Waals surface area contributed by atoms with Gasteiger partial charge < -0.3 is 19.4 Å². The van der Waals surface area contributed by atoms with Crippen LogP contribution in [0, 0.1) is 13.8 Å². The second-order valence-electron chi connectivity index (χ2n) is 8.61. The van der Waals surface area contributed by atoms with Crippen LogP contribution in [0.4, 0.5) is 5.69 Å². The number of aryl methyl sites for hydroxylation is 3. The Labute approximate surface area is 187 Å². The largest absolute Gasteiger partial charge is 0.348 e. The molecule has 1 fully saturated rings. The van der Waals surface area contributed by atoms with E-state index in [1.807, 2.05) is 37.2 Å². The van der Waals surface area contributed by atoms with Crippen molar-refractivity contribution in [2.75, 3.05) is 32.0 Å². The molecule has 2 aromatic heterocycles. The Hall–Kier alpha value is -3.39. The van der Waals surface area contributed by atoms with E-state index >= 15 is 0 Å². The lowest BCUT2D eigenvalue weighted by molar-refractivity contribution is -0.122. The monoisotopic (exact) mass is 435 g/mol. The number of carbonyl (C=O) groups excluding carboxylic acids is 2. The van der Waals surface area contributed by atoms with Gasteiger partial charge in [0.1, 0.15) is 6.04 Å². The number of hydrogen-bond donors (Lipinski definition) is 1. The maximum Gasteiger partial charge on any atom is 0.255 e. The lowest BCUT2D eigenvalue weighted by Gasteiger charge is -2.38. The van der Waals surface area contributed by atoms with Gasteiger partial charge in [-0.2, -0.15) is 0 Å². The smallest absolute Gasteiger partial charge is 0.255 e. The summed E-state index contributed by atoms with van der Waals surface area (Å²) in [6, 6.07) is 8.40. The van der Waals surface area contributed by atoms with Crippen LogP contribution in [-0.2, 0) is 18.9 Å². The summed E-state index contributed by atoms with van der Waals surface area (Å²) in [4.78, 5) is 41.4. The third kappa shape index (κ3) is 3.82. The molecule has 1 N–H and O–H groups in total. The zero-order valence-corrected chi connectivity index (χ0v) is 19.2. The first-order valence-corrected chi connectivity index (χ1v) is 10.7. The fraction of sp³-hybridized carbons (Fsp3) is 0.375. The van der Waals surface area contributed by atoms with Crippen molar-refractivity contribution in [3.63, 3.8) is 0 Å². The molecule has 0 unspecified atom stereocenters. The van der Waals surface area contributed by atoms with Crippen LogP contribution in [0.2, 0.25) is 0 Å². The topological polar surface area (TPSA) is 79.6 Å².